The summed E-state index contributed by atoms with van der Waals surface area (Å²) in [6, 6.07) is 31.0. The van der Waals surface area contributed by atoms with Crippen molar-refractivity contribution in [1.29, 1.82) is 0 Å². The molecular weight excluding hydrogens is 643 g/mol. The lowest BCUT2D eigenvalue weighted by Gasteiger charge is -2.21. The van der Waals surface area contributed by atoms with Crippen LogP contribution in [0.3, 0.4) is 0 Å². The predicted molar refractivity (Wildman–Crippen MR) is 198 cm³/mol. The van der Waals surface area contributed by atoms with Gasteiger partial charge >= 0.3 is 0 Å². The lowest BCUT2D eigenvalue weighted by Crippen LogP contribution is -2.33. The molecular formula is C40H50Cl2N2O4. The highest BCUT2D eigenvalue weighted by molar-refractivity contribution is 6.30. The van der Waals surface area contributed by atoms with Crippen LogP contribution in [0.1, 0.15) is 74.0 Å². The van der Waals surface area contributed by atoms with Crippen molar-refractivity contribution in [3.8, 4) is 11.5 Å². The molecule has 0 unspecified atom stereocenters. The second-order valence-electron chi connectivity index (χ2n) is 12.4. The van der Waals surface area contributed by atoms with E-state index in [1.165, 1.54) is 11.1 Å². The molecule has 0 fully saturated rings. The van der Waals surface area contributed by atoms with Crippen molar-refractivity contribution in [3.05, 3.63) is 129 Å². The molecule has 0 aliphatic rings. The Morgan fingerprint density at radius 1 is 0.562 bits per heavy atom. The highest BCUT2D eigenvalue weighted by Gasteiger charge is 2.17. The zero-order valence-electron chi connectivity index (χ0n) is 28.1. The molecule has 8 heteroatoms. The van der Waals surface area contributed by atoms with Crippen LogP contribution in [0.5, 0.6) is 11.5 Å². The summed E-state index contributed by atoms with van der Waals surface area (Å²) < 4.78 is 11.8. The molecule has 0 amide bonds. The molecule has 6 nitrogen and oxygen atoms in total. The van der Waals surface area contributed by atoms with E-state index in [0.717, 1.165) is 84.3 Å². The van der Waals surface area contributed by atoms with Gasteiger partial charge in [-0.25, -0.2) is 0 Å². The molecule has 0 aliphatic heterocycles. The number of hydrogen-bond acceptors (Lipinski definition) is 6. The summed E-state index contributed by atoms with van der Waals surface area (Å²) in [7, 11) is 0. The summed E-state index contributed by atoms with van der Waals surface area (Å²) in [5.41, 5.74) is 4.07. The smallest absolute Gasteiger partial charge is 0.119 e. The van der Waals surface area contributed by atoms with E-state index in [1.54, 1.807) is 0 Å². The fraction of sp³-hybridized carbons (Fsp3) is 0.400. The molecule has 4 aromatic carbocycles. The van der Waals surface area contributed by atoms with E-state index in [-0.39, 0.29) is 12.1 Å². The molecule has 0 spiro atoms. The molecule has 0 heterocycles. The van der Waals surface area contributed by atoms with Gasteiger partial charge in [0.1, 0.15) is 11.5 Å². The highest BCUT2D eigenvalue weighted by atomic mass is 35.5. The molecule has 4 aromatic rings. The van der Waals surface area contributed by atoms with Gasteiger partial charge in [-0.1, -0.05) is 71.7 Å². The first-order valence-corrected chi connectivity index (χ1v) is 17.8. The SMILES string of the molecule is C[C@@H](NCCc1cccc(Cl)c1)[C@@H](O)c1ccc(OCCCCCCOc2ccc([C@H](O)[C@@H](C)NCCc3cccc(Cl)c3)cc2)cc1. The summed E-state index contributed by atoms with van der Waals surface area (Å²) in [5, 5.41) is 29.9. The zero-order chi connectivity index (χ0) is 34.1. The van der Waals surface area contributed by atoms with Gasteiger partial charge < -0.3 is 30.3 Å². The zero-order valence-corrected chi connectivity index (χ0v) is 29.6. The van der Waals surface area contributed by atoms with Crippen molar-refractivity contribution in [1.82, 2.24) is 10.6 Å². The van der Waals surface area contributed by atoms with E-state index in [2.05, 4.69) is 22.8 Å². The minimum atomic E-state index is -0.604. The fourth-order valence-corrected chi connectivity index (χ4v) is 5.96. The Hall–Kier alpha value is -3.10. The maximum Gasteiger partial charge on any atom is 0.119 e. The number of halogens is 2. The van der Waals surface area contributed by atoms with Crippen molar-refractivity contribution in [2.24, 2.45) is 0 Å². The average Bonchev–Trinajstić information content (AvgIpc) is 3.09. The molecule has 4 atom stereocenters. The van der Waals surface area contributed by atoms with Crippen LogP contribution in [-0.2, 0) is 12.8 Å². The number of benzene rings is 4. The van der Waals surface area contributed by atoms with Crippen LogP contribution in [0.25, 0.3) is 0 Å². The first-order valence-electron chi connectivity index (χ1n) is 17.1. The fourth-order valence-electron chi connectivity index (χ4n) is 5.53. The van der Waals surface area contributed by atoms with E-state index in [0.29, 0.717) is 13.2 Å². The number of ether oxygens (including phenoxy) is 2. The number of unbranched alkanes of at least 4 members (excludes halogenated alkanes) is 3. The topological polar surface area (TPSA) is 83.0 Å². The normalized spacial score (nSPS) is 13.9. The van der Waals surface area contributed by atoms with Gasteiger partial charge in [0.05, 0.1) is 25.4 Å². The second kappa shape index (κ2) is 20.4. The van der Waals surface area contributed by atoms with E-state index in [1.807, 2.05) is 98.8 Å². The highest BCUT2D eigenvalue weighted by Crippen LogP contribution is 2.23. The van der Waals surface area contributed by atoms with Gasteiger partial charge in [0.25, 0.3) is 0 Å². The largest absolute Gasteiger partial charge is 0.494 e. The van der Waals surface area contributed by atoms with E-state index >= 15 is 0 Å². The molecule has 48 heavy (non-hydrogen) atoms. The molecule has 0 radical (unpaired) electrons. The molecule has 258 valence electrons. The maximum absolute atomic E-state index is 10.8. The first kappa shape index (κ1) is 37.7. The van der Waals surface area contributed by atoms with Crippen molar-refractivity contribution in [3.63, 3.8) is 0 Å². The lowest BCUT2D eigenvalue weighted by atomic mass is 10.0. The number of aliphatic hydroxyl groups excluding tert-OH is 2. The Balaban J connectivity index is 1.03. The summed E-state index contributed by atoms with van der Waals surface area (Å²) in [6.07, 6.45) is 4.55. The first-order chi connectivity index (χ1) is 23.3. The van der Waals surface area contributed by atoms with E-state index in [9.17, 15) is 10.2 Å². The van der Waals surface area contributed by atoms with Crippen molar-refractivity contribution in [2.75, 3.05) is 26.3 Å². The average molecular weight is 694 g/mol. The quantitative estimate of drug-likeness (QED) is 0.0656. The van der Waals surface area contributed by atoms with Gasteiger partial charge in [-0.15, -0.1) is 0 Å². The van der Waals surface area contributed by atoms with Crippen molar-refractivity contribution in [2.45, 2.75) is 76.7 Å². The van der Waals surface area contributed by atoms with Crippen molar-refractivity contribution >= 4 is 23.2 Å². The standard InChI is InChI=1S/C40H50Cl2N2O4/c1-29(43-23-21-31-9-7-11-35(41)27-31)39(45)33-13-17-37(18-14-33)47-25-5-3-4-6-26-48-38-19-15-34(16-20-38)40(46)30(2)44-24-22-32-10-8-12-36(42)28-32/h7-20,27-30,39-40,43-46H,3-6,21-26H2,1-2H3/t29-,30-,39-,40-/m1/s1. The number of aliphatic hydroxyl groups is 2. The molecule has 4 rings (SSSR count). The van der Waals surface area contributed by atoms with Gasteiger partial charge in [-0.05, 0) is 136 Å². The Kier molecular flexibility index (Phi) is 16.0. The number of rotatable bonds is 21. The monoisotopic (exact) mass is 692 g/mol. The van der Waals surface area contributed by atoms with E-state index < -0.39 is 12.2 Å². The van der Waals surface area contributed by atoms with Gasteiger partial charge in [-0.3, -0.25) is 0 Å². The van der Waals surface area contributed by atoms with E-state index in [4.69, 9.17) is 32.7 Å². The van der Waals surface area contributed by atoms with Gasteiger partial charge in [-0.2, -0.15) is 0 Å². The summed E-state index contributed by atoms with van der Waals surface area (Å²) in [5.74, 6) is 1.62. The number of hydrogen-bond donors (Lipinski definition) is 4. The minimum absolute atomic E-state index is 0.0829. The number of nitrogens with one attached hydrogen (secondary N) is 2. The summed E-state index contributed by atoms with van der Waals surface area (Å²) >= 11 is 12.1. The third-order valence-corrected chi connectivity index (χ3v) is 8.97. The second-order valence-corrected chi connectivity index (χ2v) is 13.3. The Bertz CT molecular complexity index is 1370. The van der Waals surface area contributed by atoms with Crippen molar-refractivity contribution < 1.29 is 19.7 Å². The van der Waals surface area contributed by atoms with Crippen LogP contribution in [0.4, 0.5) is 0 Å². The summed E-state index contributed by atoms with van der Waals surface area (Å²) in [6.45, 7) is 6.81. The van der Waals surface area contributed by atoms with Gasteiger partial charge in [0.2, 0.25) is 0 Å². The van der Waals surface area contributed by atoms with Gasteiger partial charge in [0, 0.05) is 22.1 Å². The molecule has 0 bridgehead atoms. The third kappa shape index (κ3) is 13.1. The van der Waals surface area contributed by atoms with Crippen LogP contribution >= 0.6 is 23.2 Å². The Labute approximate surface area is 296 Å². The molecule has 0 aliphatic carbocycles. The van der Waals surface area contributed by atoms with Crippen LogP contribution in [0.2, 0.25) is 10.0 Å². The van der Waals surface area contributed by atoms with Crippen LogP contribution in [-0.4, -0.2) is 48.6 Å². The Morgan fingerprint density at radius 2 is 0.958 bits per heavy atom. The van der Waals surface area contributed by atoms with Crippen LogP contribution in [0.15, 0.2) is 97.1 Å². The molecule has 0 saturated heterocycles. The predicted octanol–water partition coefficient (Wildman–Crippen LogP) is 8.52. The molecule has 0 aromatic heterocycles. The third-order valence-electron chi connectivity index (χ3n) is 8.50. The van der Waals surface area contributed by atoms with Crippen LogP contribution in [0, 0.1) is 0 Å². The molecule has 4 N–H and O–H groups in total. The minimum Gasteiger partial charge on any atom is -0.494 e. The van der Waals surface area contributed by atoms with Crippen LogP contribution < -0.4 is 20.1 Å². The van der Waals surface area contributed by atoms with Gasteiger partial charge in [0.15, 0.2) is 0 Å². The summed E-state index contributed by atoms with van der Waals surface area (Å²) in [4.78, 5) is 0. The lowest BCUT2D eigenvalue weighted by molar-refractivity contribution is 0.136. The maximum atomic E-state index is 10.8. The Morgan fingerprint density at radius 3 is 1.33 bits per heavy atom. The molecule has 0 saturated carbocycles.